The molecule has 1 aliphatic heterocycles. The van der Waals surface area contributed by atoms with E-state index >= 15 is 0 Å². The molecule has 0 spiro atoms. The van der Waals surface area contributed by atoms with Crippen molar-refractivity contribution >= 4 is 29.0 Å². The van der Waals surface area contributed by atoms with Crippen LogP contribution in [0.5, 0.6) is 5.75 Å². The number of aryl methyl sites for hydroxylation is 1. The van der Waals surface area contributed by atoms with Crippen molar-refractivity contribution in [2.75, 3.05) is 18.1 Å². The average molecular weight is 529 g/mol. The standard InChI is InChI=1S/C32H33ClN2O3/c1-22-18-26(33)16-17-30(22)38-21-31(37)35-20-27(34-19-24-8-5-6-10-28(24)35)9-7-11-29(36)23-12-14-25(15-13-23)32(2,3)4/h5-18,34H,19-21H2,1-4H3/b11-7+,27-9-. The number of fused-ring (bicyclic) bond motifs is 1. The number of anilines is 1. The number of nitrogens with zero attached hydrogens (tertiary/aromatic N) is 1. The second-order valence-corrected chi connectivity index (χ2v) is 10.8. The van der Waals surface area contributed by atoms with Crippen molar-refractivity contribution in [1.29, 1.82) is 0 Å². The van der Waals surface area contributed by atoms with E-state index in [1.807, 2.05) is 61.5 Å². The number of ether oxygens (including phenoxy) is 1. The Bertz CT molecular complexity index is 1380. The van der Waals surface area contributed by atoms with E-state index in [0.29, 0.717) is 29.4 Å². The molecule has 1 amide bonds. The van der Waals surface area contributed by atoms with Gasteiger partial charge < -0.3 is 15.0 Å². The maximum Gasteiger partial charge on any atom is 0.265 e. The third-order valence-electron chi connectivity index (χ3n) is 6.49. The minimum absolute atomic E-state index is 0.0343. The predicted molar refractivity (Wildman–Crippen MR) is 154 cm³/mol. The van der Waals surface area contributed by atoms with Crippen LogP contribution in [0.3, 0.4) is 0 Å². The molecule has 1 heterocycles. The van der Waals surface area contributed by atoms with Crippen LogP contribution in [-0.4, -0.2) is 24.8 Å². The van der Waals surface area contributed by atoms with Crippen molar-refractivity contribution in [3.63, 3.8) is 0 Å². The summed E-state index contributed by atoms with van der Waals surface area (Å²) in [7, 11) is 0. The summed E-state index contributed by atoms with van der Waals surface area (Å²) in [6, 6.07) is 20.9. The molecule has 0 bridgehead atoms. The van der Waals surface area contributed by atoms with Gasteiger partial charge in [-0.3, -0.25) is 9.59 Å². The molecule has 5 nitrogen and oxygen atoms in total. The highest BCUT2D eigenvalue weighted by atomic mass is 35.5. The smallest absolute Gasteiger partial charge is 0.265 e. The molecule has 1 N–H and O–H groups in total. The number of allylic oxidation sites excluding steroid dienone is 3. The Labute approximate surface area is 229 Å². The summed E-state index contributed by atoms with van der Waals surface area (Å²) in [5, 5.41) is 4.02. The van der Waals surface area contributed by atoms with Crippen molar-refractivity contribution in [2.45, 2.75) is 39.7 Å². The topological polar surface area (TPSA) is 58.6 Å². The summed E-state index contributed by atoms with van der Waals surface area (Å²) in [4.78, 5) is 27.7. The van der Waals surface area contributed by atoms with Crippen LogP contribution in [0.4, 0.5) is 5.69 Å². The van der Waals surface area contributed by atoms with Gasteiger partial charge in [-0.2, -0.15) is 0 Å². The van der Waals surface area contributed by atoms with Gasteiger partial charge in [0, 0.05) is 28.5 Å². The number of rotatable bonds is 6. The van der Waals surface area contributed by atoms with Crippen LogP contribution in [-0.2, 0) is 16.8 Å². The van der Waals surface area contributed by atoms with Crippen LogP contribution in [0.25, 0.3) is 0 Å². The van der Waals surface area contributed by atoms with Gasteiger partial charge in [-0.05, 0) is 65.4 Å². The molecule has 6 heteroatoms. The van der Waals surface area contributed by atoms with Crippen LogP contribution in [0.15, 0.2) is 90.7 Å². The van der Waals surface area contributed by atoms with E-state index in [2.05, 4.69) is 26.1 Å². The Balaban J connectivity index is 1.48. The Kier molecular flexibility index (Phi) is 8.38. The summed E-state index contributed by atoms with van der Waals surface area (Å²) in [6.45, 7) is 9.12. The van der Waals surface area contributed by atoms with Crippen molar-refractivity contribution < 1.29 is 14.3 Å². The van der Waals surface area contributed by atoms with Crippen molar-refractivity contribution in [3.05, 3.63) is 118 Å². The van der Waals surface area contributed by atoms with Crippen LogP contribution in [0, 0.1) is 6.92 Å². The molecular formula is C32H33ClN2O3. The van der Waals surface area contributed by atoms with Gasteiger partial charge in [0.05, 0.1) is 6.54 Å². The molecule has 38 heavy (non-hydrogen) atoms. The first-order chi connectivity index (χ1) is 18.1. The number of hydrogen-bond acceptors (Lipinski definition) is 4. The first-order valence-electron chi connectivity index (χ1n) is 12.6. The van der Waals surface area contributed by atoms with E-state index < -0.39 is 0 Å². The summed E-state index contributed by atoms with van der Waals surface area (Å²) < 4.78 is 5.84. The van der Waals surface area contributed by atoms with Crippen molar-refractivity contribution in [3.8, 4) is 5.75 Å². The Hall–Kier alpha value is -3.83. The van der Waals surface area contributed by atoms with E-state index in [1.165, 1.54) is 5.56 Å². The molecule has 3 aromatic carbocycles. The molecule has 3 aromatic rings. The number of para-hydroxylation sites is 1. The highest BCUT2D eigenvalue weighted by Gasteiger charge is 2.23. The largest absolute Gasteiger partial charge is 0.483 e. The molecule has 0 saturated heterocycles. The fourth-order valence-corrected chi connectivity index (χ4v) is 4.48. The molecule has 4 rings (SSSR count). The van der Waals surface area contributed by atoms with Gasteiger partial charge in [0.1, 0.15) is 5.75 Å². The molecule has 0 aromatic heterocycles. The lowest BCUT2D eigenvalue weighted by Gasteiger charge is -2.23. The quantitative estimate of drug-likeness (QED) is 0.283. The van der Waals surface area contributed by atoms with E-state index in [0.717, 1.165) is 22.5 Å². The van der Waals surface area contributed by atoms with E-state index in [4.69, 9.17) is 16.3 Å². The molecule has 0 unspecified atom stereocenters. The lowest BCUT2D eigenvalue weighted by atomic mass is 9.86. The number of benzene rings is 3. The summed E-state index contributed by atoms with van der Waals surface area (Å²) in [6.07, 6.45) is 5.13. The Morgan fingerprint density at radius 1 is 1.05 bits per heavy atom. The third-order valence-corrected chi connectivity index (χ3v) is 6.72. The highest BCUT2D eigenvalue weighted by Crippen LogP contribution is 2.26. The zero-order valence-corrected chi connectivity index (χ0v) is 23.0. The maximum absolute atomic E-state index is 13.3. The SMILES string of the molecule is Cc1cc(Cl)ccc1OCC(=O)N1C/C(=C/C=C/C(=O)c2ccc(C(C)(C)C)cc2)NCc2ccccc21. The number of halogens is 1. The van der Waals surface area contributed by atoms with Gasteiger partial charge in [0.25, 0.3) is 5.91 Å². The molecule has 0 radical (unpaired) electrons. The predicted octanol–water partition coefficient (Wildman–Crippen LogP) is 6.78. The van der Waals surface area contributed by atoms with Gasteiger partial charge in [-0.1, -0.05) is 80.9 Å². The monoisotopic (exact) mass is 528 g/mol. The lowest BCUT2D eigenvalue weighted by Crippen LogP contribution is -2.37. The Morgan fingerprint density at radius 3 is 2.50 bits per heavy atom. The van der Waals surface area contributed by atoms with Crippen LogP contribution < -0.4 is 15.0 Å². The van der Waals surface area contributed by atoms with Gasteiger partial charge in [-0.25, -0.2) is 0 Å². The average Bonchev–Trinajstić information content (AvgIpc) is 3.07. The first kappa shape index (κ1) is 27.2. The Morgan fingerprint density at radius 2 is 1.79 bits per heavy atom. The number of ketones is 1. The van der Waals surface area contributed by atoms with E-state index in [9.17, 15) is 9.59 Å². The van der Waals surface area contributed by atoms with Crippen molar-refractivity contribution in [2.24, 2.45) is 0 Å². The minimum atomic E-state index is -0.166. The molecule has 0 atom stereocenters. The molecule has 1 aliphatic rings. The number of carbonyl (C=O) groups is 2. The summed E-state index contributed by atoms with van der Waals surface area (Å²) in [5.41, 5.74) is 5.39. The van der Waals surface area contributed by atoms with Crippen LogP contribution >= 0.6 is 11.6 Å². The zero-order valence-electron chi connectivity index (χ0n) is 22.3. The molecule has 196 valence electrons. The van der Waals surface area contributed by atoms with Crippen LogP contribution in [0.2, 0.25) is 5.02 Å². The normalized spacial score (nSPS) is 14.7. The summed E-state index contributed by atoms with van der Waals surface area (Å²) in [5.74, 6) is 0.385. The maximum atomic E-state index is 13.3. The van der Waals surface area contributed by atoms with E-state index in [1.54, 1.807) is 35.3 Å². The highest BCUT2D eigenvalue weighted by molar-refractivity contribution is 6.30. The second-order valence-electron chi connectivity index (χ2n) is 10.4. The number of amides is 1. The first-order valence-corrected chi connectivity index (χ1v) is 13.0. The zero-order chi connectivity index (χ0) is 27.3. The van der Waals surface area contributed by atoms with E-state index in [-0.39, 0.29) is 23.7 Å². The lowest BCUT2D eigenvalue weighted by molar-refractivity contribution is -0.120. The van der Waals surface area contributed by atoms with Gasteiger partial charge in [-0.15, -0.1) is 0 Å². The fourth-order valence-electron chi connectivity index (χ4n) is 4.25. The number of carbonyl (C=O) groups excluding carboxylic acids is 2. The van der Waals surface area contributed by atoms with Crippen molar-refractivity contribution in [1.82, 2.24) is 5.32 Å². The molecule has 0 saturated carbocycles. The second kappa shape index (κ2) is 11.7. The third kappa shape index (κ3) is 6.73. The van der Waals surface area contributed by atoms with Gasteiger partial charge in [0.15, 0.2) is 12.4 Å². The molecular weight excluding hydrogens is 496 g/mol. The minimum Gasteiger partial charge on any atom is -0.483 e. The summed E-state index contributed by atoms with van der Waals surface area (Å²) >= 11 is 6.04. The molecule has 0 fully saturated rings. The van der Waals surface area contributed by atoms with Crippen LogP contribution in [0.1, 0.15) is 47.8 Å². The molecule has 0 aliphatic carbocycles. The number of nitrogens with one attached hydrogen (secondary N) is 1. The number of hydrogen-bond donors (Lipinski definition) is 1. The van der Waals surface area contributed by atoms with Gasteiger partial charge in [0.2, 0.25) is 0 Å². The fraction of sp³-hybridized carbons (Fsp3) is 0.250. The van der Waals surface area contributed by atoms with Gasteiger partial charge >= 0.3 is 0 Å².